The number of nitrogens with zero attached hydrogens (tertiary/aromatic N) is 2. The number of para-hydroxylation sites is 1. The molecule has 0 aliphatic heterocycles. The van der Waals surface area contributed by atoms with Crippen molar-refractivity contribution in [3.05, 3.63) is 65.9 Å². The highest BCUT2D eigenvalue weighted by Gasteiger charge is 2.02. The Morgan fingerprint density at radius 2 is 1.83 bits per heavy atom. The number of pyridine rings is 1. The van der Waals surface area contributed by atoms with E-state index in [4.69, 9.17) is 0 Å². The van der Waals surface area contributed by atoms with Crippen LogP contribution in [0.1, 0.15) is 37.4 Å². The molecule has 1 heterocycles. The normalized spacial score (nSPS) is 11.6. The van der Waals surface area contributed by atoms with E-state index in [-0.39, 0.29) is 5.75 Å². The van der Waals surface area contributed by atoms with Gasteiger partial charge in [-0.3, -0.25) is 4.99 Å². The smallest absolute Gasteiger partial charge is 0.141 e. The number of aliphatic imine (C=N–C) groups is 1. The molecule has 0 aliphatic rings. The monoisotopic (exact) mass is 318 g/mol. The van der Waals surface area contributed by atoms with E-state index in [0.717, 1.165) is 29.6 Å². The molecule has 1 N–H and O–H groups in total. The zero-order valence-electron chi connectivity index (χ0n) is 14.1. The third-order valence-electron chi connectivity index (χ3n) is 4.09. The highest BCUT2D eigenvalue weighted by Crippen LogP contribution is 2.23. The van der Waals surface area contributed by atoms with Crippen LogP contribution in [0.5, 0.6) is 5.75 Å². The molecule has 0 fully saturated rings. The van der Waals surface area contributed by atoms with Gasteiger partial charge in [0, 0.05) is 17.3 Å². The Hall–Kier alpha value is -2.68. The molecule has 0 spiro atoms. The van der Waals surface area contributed by atoms with Gasteiger partial charge in [0.15, 0.2) is 0 Å². The van der Waals surface area contributed by atoms with E-state index in [1.54, 1.807) is 6.07 Å². The molecule has 0 radical (unpaired) electrons. The molecule has 0 aliphatic carbocycles. The Morgan fingerprint density at radius 3 is 2.58 bits per heavy atom. The lowest BCUT2D eigenvalue weighted by Gasteiger charge is -2.04. The molecular formula is C21H22N2O. The fourth-order valence-corrected chi connectivity index (χ4v) is 2.64. The van der Waals surface area contributed by atoms with Crippen LogP contribution in [0.25, 0.3) is 10.9 Å². The maximum absolute atomic E-state index is 9.89. The van der Waals surface area contributed by atoms with Crippen molar-refractivity contribution in [2.45, 2.75) is 32.6 Å². The predicted octanol–water partition coefficient (Wildman–Crippen LogP) is 5.40. The molecule has 3 aromatic rings. The van der Waals surface area contributed by atoms with Crippen LogP contribution in [0.15, 0.2) is 59.6 Å². The first kappa shape index (κ1) is 16.2. The topological polar surface area (TPSA) is 45.5 Å². The second kappa shape index (κ2) is 7.26. The zero-order chi connectivity index (χ0) is 16.9. The molecule has 0 atom stereocenters. The van der Waals surface area contributed by atoms with Crippen LogP contribution in [0, 0.1) is 0 Å². The van der Waals surface area contributed by atoms with Gasteiger partial charge in [0.05, 0.1) is 5.69 Å². The van der Waals surface area contributed by atoms with Gasteiger partial charge in [-0.1, -0.05) is 44.2 Å². The molecule has 0 amide bonds. The summed E-state index contributed by atoms with van der Waals surface area (Å²) >= 11 is 0. The summed E-state index contributed by atoms with van der Waals surface area (Å²) in [6.45, 7) is 4.37. The standard InChI is InChI=1S/C21H22N2O/c1-15(2)16-8-11-18(12-9-16)22-14-4-6-19-13-10-17-5-3-7-20(24)21(17)23-19/h3,5,7-15,24H,4,6H2,1-2H3. The summed E-state index contributed by atoms with van der Waals surface area (Å²) in [5, 5.41) is 10.8. The van der Waals surface area contributed by atoms with Crippen molar-refractivity contribution in [2.75, 3.05) is 0 Å². The number of hydrogen-bond donors (Lipinski definition) is 1. The first-order valence-corrected chi connectivity index (χ1v) is 8.33. The van der Waals surface area contributed by atoms with Gasteiger partial charge in [0.25, 0.3) is 0 Å². The average molecular weight is 318 g/mol. The largest absolute Gasteiger partial charge is 0.506 e. The lowest BCUT2D eigenvalue weighted by molar-refractivity contribution is 0.480. The van der Waals surface area contributed by atoms with Gasteiger partial charge in [0.2, 0.25) is 0 Å². The third kappa shape index (κ3) is 3.80. The van der Waals surface area contributed by atoms with Crippen LogP contribution in [0.3, 0.4) is 0 Å². The van der Waals surface area contributed by atoms with Crippen molar-refractivity contribution in [1.82, 2.24) is 4.98 Å². The van der Waals surface area contributed by atoms with E-state index in [2.05, 4.69) is 48.1 Å². The lowest BCUT2D eigenvalue weighted by Crippen LogP contribution is -1.92. The summed E-state index contributed by atoms with van der Waals surface area (Å²) in [6, 6.07) is 17.8. The average Bonchev–Trinajstić information content (AvgIpc) is 2.60. The van der Waals surface area contributed by atoms with Crippen LogP contribution in [0.4, 0.5) is 5.69 Å². The Morgan fingerprint density at radius 1 is 1.04 bits per heavy atom. The molecule has 0 saturated carbocycles. The summed E-state index contributed by atoms with van der Waals surface area (Å²) in [5.41, 5.74) is 3.93. The SMILES string of the molecule is CC(C)c1ccc(N=CCCc2ccc3cccc(O)c3n2)cc1. The fraction of sp³-hybridized carbons (Fsp3) is 0.238. The number of aromatic hydroxyl groups is 1. The Labute approximate surface area is 142 Å². The van der Waals surface area contributed by atoms with E-state index in [1.807, 2.05) is 30.5 Å². The second-order valence-electron chi connectivity index (χ2n) is 6.25. The minimum atomic E-state index is 0.230. The van der Waals surface area contributed by atoms with Crippen LogP contribution < -0.4 is 0 Å². The number of fused-ring (bicyclic) bond motifs is 1. The molecule has 3 heteroatoms. The zero-order valence-corrected chi connectivity index (χ0v) is 14.1. The highest BCUT2D eigenvalue weighted by molar-refractivity contribution is 5.84. The molecular weight excluding hydrogens is 296 g/mol. The molecule has 1 aromatic heterocycles. The van der Waals surface area contributed by atoms with Gasteiger partial charge in [-0.05, 0) is 48.6 Å². The van der Waals surface area contributed by atoms with Crippen LogP contribution in [-0.2, 0) is 6.42 Å². The van der Waals surface area contributed by atoms with Crippen molar-refractivity contribution >= 4 is 22.8 Å². The fourth-order valence-electron chi connectivity index (χ4n) is 2.64. The van der Waals surface area contributed by atoms with E-state index in [9.17, 15) is 5.11 Å². The minimum Gasteiger partial charge on any atom is -0.506 e. The molecule has 0 bridgehead atoms. The van der Waals surface area contributed by atoms with Crippen LogP contribution >= 0.6 is 0 Å². The Bertz CT molecular complexity index is 851. The minimum absolute atomic E-state index is 0.230. The van der Waals surface area contributed by atoms with Gasteiger partial charge in [-0.2, -0.15) is 0 Å². The number of phenols is 1. The van der Waals surface area contributed by atoms with Crippen LogP contribution in [-0.4, -0.2) is 16.3 Å². The molecule has 3 nitrogen and oxygen atoms in total. The molecule has 2 aromatic carbocycles. The van der Waals surface area contributed by atoms with Gasteiger partial charge in [0.1, 0.15) is 11.3 Å². The summed E-state index contributed by atoms with van der Waals surface area (Å²) in [5.74, 6) is 0.770. The van der Waals surface area contributed by atoms with Gasteiger partial charge >= 0.3 is 0 Å². The number of rotatable bonds is 5. The van der Waals surface area contributed by atoms with Crippen molar-refractivity contribution in [1.29, 1.82) is 0 Å². The first-order chi connectivity index (χ1) is 11.6. The molecule has 0 saturated heterocycles. The van der Waals surface area contributed by atoms with Crippen molar-refractivity contribution in [2.24, 2.45) is 4.99 Å². The summed E-state index contributed by atoms with van der Waals surface area (Å²) in [4.78, 5) is 9.04. The number of hydrogen-bond acceptors (Lipinski definition) is 3. The first-order valence-electron chi connectivity index (χ1n) is 8.33. The van der Waals surface area contributed by atoms with E-state index in [1.165, 1.54) is 5.56 Å². The summed E-state index contributed by atoms with van der Waals surface area (Å²) < 4.78 is 0. The van der Waals surface area contributed by atoms with E-state index >= 15 is 0 Å². The number of phenolic OH excluding ortho intramolecular Hbond substituents is 1. The quantitative estimate of drug-likeness (QED) is 0.640. The van der Waals surface area contributed by atoms with Crippen LogP contribution in [0.2, 0.25) is 0 Å². The van der Waals surface area contributed by atoms with E-state index in [0.29, 0.717) is 11.4 Å². The van der Waals surface area contributed by atoms with Crippen molar-refractivity contribution < 1.29 is 5.11 Å². The number of aryl methyl sites for hydroxylation is 1. The summed E-state index contributed by atoms with van der Waals surface area (Å²) in [6.07, 6.45) is 3.55. The molecule has 0 unspecified atom stereocenters. The number of benzene rings is 2. The third-order valence-corrected chi connectivity index (χ3v) is 4.09. The molecule has 3 rings (SSSR count). The Balaban J connectivity index is 1.62. The highest BCUT2D eigenvalue weighted by atomic mass is 16.3. The second-order valence-corrected chi connectivity index (χ2v) is 6.25. The number of aromatic nitrogens is 1. The molecule has 24 heavy (non-hydrogen) atoms. The summed E-state index contributed by atoms with van der Waals surface area (Å²) in [7, 11) is 0. The maximum atomic E-state index is 9.89. The Kier molecular flexibility index (Phi) is 4.90. The molecule has 122 valence electrons. The van der Waals surface area contributed by atoms with E-state index < -0.39 is 0 Å². The predicted molar refractivity (Wildman–Crippen MR) is 100 cm³/mol. The van der Waals surface area contributed by atoms with Crippen molar-refractivity contribution in [3.8, 4) is 5.75 Å². The van der Waals surface area contributed by atoms with Gasteiger partial charge in [-0.25, -0.2) is 4.98 Å². The maximum Gasteiger partial charge on any atom is 0.141 e. The van der Waals surface area contributed by atoms with Gasteiger partial charge in [-0.15, -0.1) is 0 Å². The van der Waals surface area contributed by atoms with Gasteiger partial charge < -0.3 is 5.11 Å². The van der Waals surface area contributed by atoms with Crippen molar-refractivity contribution in [3.63, 3.8) is 0 Å². The lowest BCUT2D eigenvalue weighted by atomic mass is 10.0.